The quantitative estimate of drug-likeness (QED) is 0.583. The molecule has 0 saturated carbocycles. The highest BCUT2D eigenvalue weighted by molar-refractivity contribution is 7.89. The molecule has 1 fully saturated rings. The largest absolute Gasteiger partial charge is 0.482 e. The normalized spacial score (nSPS) is 15.8. The van der Waals surface area contributed by atoms with Gasteiger partial charge < -0.3 is 9.47 Å². The van der Waals surface area contributed by atoms with Gasteiger partial charge in [0.25, 0.3) is 0 Å². The molecule has 0 radical (unpaired) electrons. The molecule has 8 heteroatoms. The lowest BCUT2D eigenvalue weighted by Crippen LogP contribution is -2.48. The van der Waals surface area contributed by atoms with E-state index in [4.69, 9.17) is 4.74 Å². The van der Waals surface area contributed by atoms with Gasteiger partial charge in [0.15, 0.2) is 6.61 Å². The van der Waals surface area contributed by atoms with Crippen LogP contribution in [0.2, 0.25) is 0 Å². The molecule has 0 atom stereocenters. The number of rotatable bonds is 8. The van der Waals surface area contributed by atoms with Crippen molar-refractivity contribution in [2.45, 2.75) is 11.8 Å². The lowest BCUT2D eigenvalue weighted by Gasteiger charge is -2.33. The number of esters is 1. The SMILES string of the molecule is COC(=O)COc1ccc(S(=O)(=O)N2CCN(C/C=C/c3ccccc3)CC2)cc1C. The van der Waals surface area contributed by atoms with Gasteiger partial charge in [0.1, 0.15) is 5.75 Å². The van der Waals surface area contributed by atoms with E-state index in [2.05, 4.69) is 33.9 Å². The Morgan fingerprint density at radius 1 is 1.06 bits per heavy atom. The zero-order valence-electron chi connectivity index (χ0n) is 17.9. The highest BCUT2D eigenvalue weighted by Crippen LogP contribution is 2.25. The molecule has 0 amide bonds. The number of carbonyl (C=O) groups is 1. The van der Waals surface area contributed by atoms with Crippen molar-refractivity contribution in [2.24, 2.45) is 0 Å². The Bertz CT molecular complexity index is 1010. The Hall–Kier alpha value is -2.68. The van der Waals surface area contributed by atoms with Crippen LogP contribution in [0.1, 0.15) is 11.1 Å². The fraction of sp³-hybridized carbons (Fsp3) is 0.348. The summed E-state index contributed by atoms with van der Waals surface area (Å²) in [4.78, 5) is 13.7. The van der Waals surface area contributed by atoms with Crippen LogP contribution in [-0.2, 0) is 19.6 Å². The first-order valence-corrected chi connectivity index (χ1v) is 11.6. The molecule has 0 bridgehead atoms. The van der Waals surface area contributed by atoms with Crippen LogP contribution in [0.3, 0.4) is 0 Å². The fourth-order valence-corrected chi connectivity index (χ4v) is 4.85. The number of ether oxygens (including phenoxy) is 2. The van der Waals surface area contributed by atoms with Gasteiger partial charge in [-0.15, -0.1) is 0 Å². The van der Waals surface area contributed by atoms with Crippen molar-refractivity contribution >= 4 is 22.1 Å². The number of hydrogen-bond acceptors (Lipinski definition) is 6. The molecular formula is C23H28N2O5S. The van der Waals surface area contributed by atoms with Crippen molar-refractivity contribution in [3.63, 3.8) is 0 Å². The van der Waals surface area contributed by atoms with Crippen molar-refractivity contribution in [1.82, 2.24) is 9.21 Å². The van der Waals surface area contributed by atoms with Gasteiger partial charge in [-0.05, 0) is 36.2 Å². The summed E-state index contributed by atoms with van der Waals surface area (Å²) in [6.45, 7) is 4.57. The molecule has 0 spiro atoms. The number of benzene rings is 2. The second-order valence-corrected chi connectivity index (χ2v) is 9.25. The Morgan fingerprint density at radius 2 is 1.77 bits per heavy atom. The minimum absolute atomic E-state index is 0.218. The second-order valence-electron chi connectivity index (χ2n) is 7.31. The maximum Gasteiger partial charge on any atom is 0.343 e. The second kappa shape index (κ2) is 10.6. The molecule has 0 aromatic heterocycles. The van der Waals surface area contributed by atoms with E-state index in [1.165, 1.54) is 17.5 Å². The number of carbonyl (C=O) groups excluding carboxylic acids is 1. The Morgan fingerprint density at radius 3 is 2.42 bits per heavy atom. The lowest BCUT2D eigenvalue weighted by molar-refractivity contribution is -0.142. The summed E-state index contributed by atoms with van der Waals surface area (Å²) in [5.41, 5.74) is 1.80. The average Bonchev–Trinajstić information content (AvgIpc) is 2.79. The van der Waals surface area contributed by atoms with Crippen LogP contribution >= 0.6 is 0 Å². The third-order valence-corrected chi connectivity index (χ3v) is 7.06. The van der Waals surface area contributed by atoms with E-state index in [1.807, 2.05) is 18.2 Å². The summed E-state index contributed by atoms with van der Waals surface area (Å²) in [7, 11) is -2.30. The number of methoxy groups -OCH3 is 1. The zero-order chi connectivity index (χ0) is 22.3. The number of aryl methyl sites for hydroxylation is 1. The molecule has 31 heavy (non-hydrogen) atoms. The number of piperazine rings is 1. The Kier molecular flexibility index (Phi) is 7.84. The molecule has 0 N–H and O–H groups in total. The summed E-state index contributed by atoms with van der Waals surface area (Å²) in [6.07, 6.45) is 4.19. The van der Waals surface area contributed by atoms with E-state index in [0.29, 0.717) is 37.5 Å². The molecule has 3 rings (SSSR count). The van der Waals surface area contributed by atoms with Gasteiger partial charge in [-0.2, -0.15) is 4.31 Å². The molecule has 1 aliphatic rings. The average molecular weight is 445 g/mol. The summed E-state index contributed by atoms with van der Waals surface area (Å²) in [5.74, 6) is -0.0352. The number of sulfonamides is 1. The predicted octanol–water partition coefficient (Wildman–Crippen LogP) is 2.57. The van der Waals surface area contributed by atoms with Gasteiger partial charge in [0.05, 0.1) is 12.0 Å². The third kappa shape index (κ3) is 6.16. The smallest absolute Gasteiger partial charge is 0.343 e. The standard InChI is InChI=1S/C23H28N2O5S/c1-19-17-21(10-11-22(19)30-18-23(26)29-2)31(27,28)25-15-13-24(14-16-25)12-6-9-20-7-4-3-5-8-20/h3-11,17H,12-16,18H2,1-2H3/b9-6+. The molecule has 2 aromatic carbocycles. The number of hydrogen-bond donors (Lipinski definition) is 0. The first kappa shape index (κ1) is 23.0. The Labute approximate surface area is 183 Å². The first-order valence-electron chi connectivity index (χ1n) is 10.1. The maximum atomic E-state index is 13.0. The van der Waals surface area contributed by atoms with Crippen LogP contribution in [0.4, 0.5) is 0 Å². The predicted molar refractivity (Wildman–Crippen MR) is 119 cm³/mol. The molecule has 166 valence electrons. The van der Waals surface area contributed by atoms with Gasteiger partial charge in [0.2, 0.25) is 10.0 Å². The summed E-state index contributed by atoms with van der Waals surface area (Å²) >= 11 is 0. The summed E-state index contributed by atoms with van der Waals surface area (Å²) in [6, 6.07) is 14.8. The van der Waals surface area contributed by atoms with E-state index in [1.54, 1.807) is 19.1 Å². The summed E-state index contributed by atoms with van der Waals surface area (Å²) < 4.78 is 37.6. The molecule has 7 nitrogen and oxygen atoms in total. The van der Waals surface area contributed by atoms with Crippen molar-refractivity contribution in [2.75, 3.05) is 46.4 Å². The van der Waals surface area contributed by atoms with Gasteiger partial charge in [-0.25, -0.2) is 13.2 Å². The minimum atomic E-state index is -3.58. The molecule has 1 heterocycles. The first-order chi connectivity index (χ1) is 14.9. The minimum Gasteiger partial charge on any atom is -0.482 e. The van der Waals surface area contributed by atoms with E-state index < -0.39 is 16.0 Å². The van der Waals surface area contributed by atoms with Gasteiger partial charge in [-0.3, -0.25) is 4.90 Å². The van der Waals surface area contributed by atoms with E-state index in [0.717, 1.165) is 12.1 Å². The van der Waals surface area contributed by atoms with Crippen LogP contribution in [0, 0.1) is 6.92 Å². The Balaban J connectivity index is 1.56. The molecule has 0 unspecified atom stereocenters. The van der Waals surface area contributed by atoms with Gasteiger partial charge in [-0.1, -0.05) is 42.5 Å². The molecule has 1 saturated heterocycles. The van der Waals surface area contributed by atoms with Crippen LogP contribution in [0.25, 0.3) is 6.08 Å². The maximum absolute atomic E-state index is 13.0. The van der Waals surface area contributed by atoms with E-state index in [-0.39, 0.29) is 11.5 Å². The van der Waals surface area contributed by atoms with Crippen LogP contribution in [0.15, 0.2) is 59.5 Å². The molecule has 0 aliphatic carbocycles. The lowest BCUT2D eigenvalue weighted by atomic mass is 10.2. The molecular weight excluding hydrogens is 416 g/mol. The van der Waals surface area contributed by atoms with Gasteiger partial charge >= 0.3 is 5.97 Å². The van der Waals surface area contributed by atoms with Gasteiger partial charge in [0, 0.05) is 32.7 Å². The van der Waals surface area contributed by atoms with Crippen LogP contribution in [-0.4, -0.2) is 70.0 Å². The third-order valence-electron chi connectivity index (χ3n) is 5.16. The van der Waals surface area contributed by atoms with Crippen molar-refractivity contribution < 1.29 is 22.7 Å². The van der Waals surface area contributed by atoms with E-state index >= 15 is 0 Å². The topological polar surface area (TPSA) is 76.1 Å². The number of nitrogens with zero attached hydrogens (tertiary/aromatic N) is 2. The van der Waals surface area contributed by atoms with Crippen LogP contribution < -0.4 is 4.74 Å². The monoisotopic (exact) mass is 444 g/mol. The van der Waals surface area contributed by atoms with Crippen molar-refractivity contribution in [3.8, 4) is 5.75 Å². The van der Waals surface area contributed by atoms with Crippen molar-refractivity contribution in [3.05, 3.63) is 65.7 Å². The van der Waals surface area contributed by atoms with E-state index in [9.17, 15) is 13.2 Å². The fourth-order valence-electron chi connectivity index (χ4n) is 3.34. The highest BCUT2D eigenvalue weighted by atomic mass is 32.2. The van der Waals surface area contributed by atoms with Crippen LogP contribution in [0.5, 0.6) is 5.75 Å². The zero-order valence-corrected chi connectivity index (χ0v) is 18.7. The molecule has 2 aromatic rings. The van der Waals surface area contributed by atoms with Crippen molar-refractivity contribution in [1.29, 1.82) is 0 Å². The summed E-state index contributed by atoms with van der Waals surface area (Å²) in [5, 5.41) is 0. The highest BCUT2D eigenvalue weighted by Gasteiger charge is 2.28. The molecule has 1 aliphatic heterocycles.